The average Bonchev–Trinajstić information content (AvgIpc) is 2.70. The van der Waals surface area contributed by atoms with Crippen LogP contribution in [-0.2, 0) is 0 Å². The van der Waals surface area contributed by atoms with Gasteiger partial charge in [0.25, 0.3) is 0 Å². The molecule has 2 heteroatoms. The largest absolute Gasteiger partial charge is 0.469 e. The molecule has 1 fully saturated rings. The highest BCUT2D eigenvalue weighted by Crippen LogP contribution is 2.41. The van der Waals surface area contributed by atoms with Gasteiger partial charge in [-0.15, -0.1) is 0 Å². The second kappa shape index (κ2) is 4.52. The molecule has 0 saturated heterocycles. The van der Waals surface area contributed by atoms with E-state index < -0.39 is 0 Å². The highest BCUT2D eigenvalue weighted by molar-refractivity contribution is 9.09. The second-order valence-corrected chi connectivity index (χ2v) is 5.50. The fourth-order valence-corrected chi connectivity index (χ4v) is 3.19. The van der Waals surface area contributed by atoms with Gasteiger partial charge in [0.05, 0.1) is 6.26 Å². The molecule has 0 aromatic carbocycles. The second-order valence-electron chi connectivity index (χ2n) is 4.20. The van der Waals surface area contributed by atoms with Crippen molar-refractivity contribution in [3.63, 3.8) is 0 Å². The third-order valence-corrected chi connectivity index (χ3v) is 4.19. The Morgan fingerprint density at radius 1 is 1.50 bits per heavy atom. The van der Waals surface area contributed by atoms with Gasteiger partial charge in [0, 0.05) is 10.7 Å². The van der Waals surface area contributed by atoms with Crippen LogP contribution >= 0.6 is 15.9 Å². The van der Waals surface area contributed by atoms with Gasteiger partial charge in [0.15, 0.2) is 0 Å². The first-order valence-electron chi connectivity index (χ1n) is 5.48. The lowest BCUT2D eigenvalue weighted by molar-refractivity contribution is 0.273. The Labute approximate surface area is 94.0 Å². The van der Waals surface area contributed by atoms with Gasteiger partial charge in [-0.1, -0.05) is 29.3 Å². The molecule has 0 amide bonds. The van der Waals surface area contributed by atoms with E-state index in [9.17, 15) is 0 Å². The molecule has 14 heavy (non-hydrogen) atoms. The van der Waals surface area contributed by atoms with Crippen LogP contribution in [0, 0.1) is 5.92 Å². The molecule has 3 unspecified atom stereocenters. The van der Waals surface area contributed by atoms with Crippen LogP contribution in [0.2, 0.25) is 0 Å². The molecule has 1 saturated carbocycles. The van der Waals surface area contributed by atoms with E-state index in [1.165, 1.54) is 31.4 Å². The molecular formula is C12H17BrO. The smallest absolute Gasteiger partial charge is 0.107 e. The summed E-state index contributed by atoms with van der Waals surface area (Å²) in [7, 11) is 0. The number of furan rings is 1. The molecule has 0 aliphatic heterocycles. The standard InChI is InChI=1S/C12H17BrO/c1-2-9-5-6-10(13)8-11(9)12-4-3-7-14-12/h3-4,7,9-11H,2,5-6,8H2,1H3. The highest BCUT2D eigenvalue weighted by Gasteiger charge is 2.30. The van der Waals surface area contributed by atoms with E-state index in [1.807, 2.05) is 6.07 Å². The first-order chi connectivity index (χ1) is 6.81. The molecule has 1 nitrogen and oxygen atoms in total. The van der Waals surface area contributed by atoms with Gasteiger partial charge in [-0.25, -0.2) is 0 Å². The van der Waals surface area contributed by atoms with E-state index in [1.54, 1.807) is 6.26 Å². The van der Waals surface area contributed by atoms with Crippen molar-refractivity contribution in [2.24, 2.45) is 5.92 Å². The zero-order chi connectivity index (χ0) is 9.97. The number of rotatable bonds is 2. The number of halogens is 1. The van der Waals surface area contributed by atoms with Crippen LogP contribution in [-0.4, -0.2) is 4.83 Å². The molecule has 1 aromatic heterocycles. The maximum atomic E-state index is 5.53. The molecule has 1 aliphatic carbocycles. The summed E-state index contributed by atoms with van der Waals surface area (Å²) in [5.41, 5.74) is 0. The fraction of sp³-hybridized carbons (Fsp3) is 0.667. The summed E-state index contributed by atoms with van der Waals surface area (Å²) in [6, 6.07) is 4.12. The van der Waals surface area contributed by atoms with Crippen molar-refractivity contribution in [3.05, 3.63) is 24.2 Å². The Balaban J connectivity index is 2.13. The normalized spacial score (nSPS) is 33.1. The van der Waals surface area contributed by atoms with Gasteiger partial charge in [0.1, 0.15) is 5.76 Å². The first-order valence-corrected chi connectivity index (χ1v) is 6.40. The molecule has 1 aliphatic rings. The first kappa shape index (κ1) is 10.3. The van der Waals surface area contributed by atoms with E-state index >= 15 is 0 Å². The summed E-state index contributed by atoms with van der Waals surface area (Å²) in [5, 5.41) is 0. The molecule has 3 atom stereocenters. The Bertz CT molecular complexity index is 268. The maximum Gasteiger partial charge on any atom is 0.107 e. The summed E-state index contributed by atoms with van der Waals surface area (Å²) in [6.07, 6.45) is 6.94. The summed E-state index contributed by atoms with van der Waals surface area (Å²) >= 11 is 3.73. The van der Waals surface area contributed by atoms with Crippen molar-refractivity contribution in [3.8, 4) is 0 Å². The zero-order valence-corrected chi connectivity index (χ0v) is 10.2. The molecule has 2 rings (SSSR count). The minimum atomic E-state index is 0.633. The van der Waals surface area contributed by atoms with Crippen LogP contribution in [0.5, 0.6) is 0 Å². The number of hydrogen-bond donors (Lipinski definition) is 0. The van der Waals surface area contributed by atoms with Crippen LogP contribution in [0.15, 0.2) is 22.8 Å². The van der Waals surface area contributed by atoms with E-state index in [-0.39, 0.29) is 0 Å². The highest BCUT2D eigenvalue weighted by atomic mass is 79.9. The topological polar surface area (TPSA) is 13.1 Å². The lowest BCUT2D eigenvalue weighted by Crippen LogP contribution is -2.22. The number of alkyl halides is 1. The van der Waals surface area contributed by atoms with Gasteiger partial charge >= 0.3 is 0 Å². The summed E-state index contributed by atoms with van der Waals surface area (Å²) in [6.45, 7) is 2.29. The molecular weight excluding hydrogens is 240 g/mol. The number of hydrogen-bond acceptors (Lipinski definition) is 1. The van der Waals surface area contributed by atoms with Crippen molar-refractivity contribution in [1.82, 2.24) is 0 Å². The van der Waals surface area contributed by atoms with Crippen LogP contribution < -0.4 is 0 Å². The predicted molar refractivity (Wildman–Crippen MR) is 61.8 cm³/mol. The fourth-order valence-electron chi connectivity index (χ4n) is 2.52. The molecule has 1 aromatic rings. The SMILES string of the molecule is CCC1CCC(Br)CC1c1ccco1. The molecule has 78 valence electrons. The molecule has 0 N–H and O–H groups in total. The average molecular weight is 257 g/mol. The summed E-state index contributed by atoms with van der Waals surface area (Å²) < 4.78 is 5.53. The molecule has 1 heterocycles. The maximum absolute atomic E-state index is 5.53. The molecule has 0 spiro atoms. The minimum absolute atomic E-state index is 0.633. The monoisotopic (exact) mass is 256 g/mol. The van der Waals surface area contributed by atoms with Crippen molar-refractivity contribution in [2.75, 3.05) is 0 Å². The van der Waals surface area contributed by atoms with Gasteiger partial charge in [-0.05, 0) is 37.3 Å². The summed E-state index contributed by atoms with van der Waals surface area (Å²) in [5.74, 6) is 2.63. The van der Waals surface area contributed by atoms with Gasteiger partial charge in [-0.2, -0.15) is 0 Å². The van der Waals surface area contributed by atoms with Crippen LogP contribution in [0.4, 0.5) is 0 Å². The van der Waals surface area contributed by atoms with Crippen LogP contribution in [0.3, 0.4) is 0 Å². The molecule has 0 radical (unpaired) electrons. The molecule has 0 bridgehead atoms. The van der Waals surface area contributed by atoms with Crippen molar-refractivity contribution in [1.29, 1.82) is 0 Å². The summed E-state index contributed by atoms with van der Waals surface area (Å²) in [4.78, 5) is 0.681. The Hall–Kier alpha value is -0.240. The Morgan fingerprint density at radius 2 is 2.36 bits per heavy atom. The lowest BCUT2D eigenvalue weighted by atomic mass is 9.76. The van der Waals surface area contributed by atoms with Crippen molar-refractivity contribution < 1.29 is 4.42 Å². The van der Waals surface area contributed by atoms with Gasteiger partial charge in [0.2, 0.25) is 0 Å². The van der Waals surface area contributed by atoms with Crippen LogP contribution in [0.25, 0.3) is 0 Å². The van der Waals surface area contributed by atoms with E-state index in [4.69, 9.17) is 4.42 Å². The lowest BCUT2D eigenvalue weighted by Gasteiger charge is -2.32. The van der Waals surface area contributed by atoms with Gasteiger partial charge < -0.3 is 4.42 Å². The van der Waals surface area contributed by atoms with E-state index in [2.05, 4.69) is 28.9 Å². The van der Waals surface area contributed by atoms with E-state index in [0.717, 1.165) is 5.92 Å². The van der Waals surface area contributed by atoms with E-state index in [0.29, 0.717) is 10.7 Å². The zero-order valence-electron chi connectivity index (χ0n) is 8.58. The predicted octanol–water partition coefficient (Wildman–Crippen LogP) is 4.34. The Morgan fingerprint density at radius 3 is 3.00 bits per heavy atom. The minimum Gasteiger partial charge on any atom is -0.469 e. The third-order valence-electron chi connectivity index (χ3n) is 3.36. The third kappa shape index (κ3) is 2.05. The van der Waals surface area contributed by atoms with Crippen molar-refractivity contribution >= 4 is 15.9 Å². The Kier molecular flexibility index (Phi) is 3.32. The van der Waals surface area contributed by atoms with Crippen LogP contribution in [0.1, 0.15) is 44.3 Å². The van der Waals surface area contributed by atoms with Crippen molar-refractivity contribution in [2.45, 2.75) is 43.4 Å². The quantitative estimate of drug-likeness (QED) is 0.718. The van der Waals surface area contributed by atoms with Gasteiger partial charge in [-0.3, -0.25) is 0 Å².